The number of benzene rings is 1. The van der Waals surface area contributed by atoms with Crippen LogP contribution in [0.2, 0.25) is 0 Å². The lowest BCUT2D eigenvalue weighted by molar-refractivity contribution is -0.143. The Bertz CT molecular complexity index is 511. The number of ether oxygens (including phenoxy) is 1. The van der Waals surface area contributed by atoms with Crippen LogP contribution in [-0.4, -0.2) is 37.0 Å². The van der Waals surface area contributed by atoms with Gasteiger partial charge in [-0.1, -0.05) is 18.6 Å². The van der Waals surface area contributed by atoms with Crippen molar-refractivity contribution < 1.29 is 18.7 Å². The molecular formula is C17H22FNO3. The van der Waals surface area contributed by atoms with Crippen LogP contribution < -0.4 is 0 Å². The molecule has 1 aromatic carbocycles. The van der Waals surface area contributed by atoms with Crippen molar-refractivity contribution >= 4 is 11.9 Å². The summed E-state index contributed by atoms with van der Waals surface area (Å²) < 4.78 is 17.5. The highest BCUT2D eigenvalue weighted by Crippen LogP contribution is 2.28. The summed E-state index contributed by atoms with van der Waals surface area (Å²) in [5, 5.41) is 0. The molecule has 0 atom stereocenters. The molecule has 0 N–H and O–H groups in total. The Kier molecular flexibility index (Phi) is 5.92. The van der Waals surface area contributed by atoms with E-state index in [2.05, 4.69) is 4.74 Å². The second-order valence-corrected chi connectivity index (χ2v) is 5.66. The Balaban J connectivity index is 1.92. The minimum Gasteiger partial charge on any atom is -0.469 e. The third kappa shape index (κ3) is 4.55. The zero-order valence-corrected chi connectivity index (χ0v) is 12.9. The fourth-order valence-electron chi connectivity index (χ4n) is 2.49. The van der Waals surface area contributed by atoms with Gasteiger partial charge < -0.3 is 9.64 Å². The van der Waals surface area contributed by atoms with Gasteiger partial charge in [-0.25, -0.2) is 4.39 Å². The second kappa shape index (κ2) is 7.92. The van der Waals surface area contributed by atoms with E-state index in [0.29, 0.717) is 19.5 Å². The molecule has 0 radical (unpaired) electrons. The van der Waals surface area contributed by atoms with Crippen LogP contribution in [0.1, 0.15) is 31.2 Å². The normalized spacial score (nSPS) is 14.3. The summed E-state index contributed by atoms with van der Waals surface area (Å²) in [6, 6.07) is 6.28. The van der Waals surface area contributed by atoms with Crippen molar-refractivity contribution in [2.45, 2.75) is 32.1 Å². The zero-order valence-electron chi connectivity index (χ0n) is 12.9. The van der Waals surface area contributed by atoms with Gasteiger partial charge >= 0.3 is 5.97 Å². The molecule has 5 heteroatoms. The molecule has 1 aliphatic rings. The summed E-state index contributed by atoms with van der Waals surface area (Å²) in [6.07, 6.45) is 3.83. The number of carbonyl (C=O) groups is 2. The quantitative estimate of drug-likeness (QED) is 0.727. The van der Waals surface area contributed by atoms with E-state index in [1.165, 1.54) is 19.2 Å². The number of nitrogens with zero attached hydrogens (tertiary/aromatic N) is 1. The van der Waals surface area contributed by atoms with Crippen molar-refractivity contribution in [1.29, 1.82) is 0 Å². The number of methoxy groups -OCH3 is 1. The van der Waals surface area contributed by atoms with Crippen LogP contribution in [0, 0.1) is 11.7 Å². The first kappa shape index (κ1) is 16.5. The van der Waals surface area contributed by atoms with Gasteiger partial charge in [-0.15, -0.1) is 0 Å². The highest BCUT2D eigenvalue weighted by Gasteiger charge is 2.29. The molecule has 2 rings (SSSR count). The molecule has 0 heterocycles. The fourth-order valence-corrected chi connectivity index (χ4v) is 2.49. The molecule has 0 unspecified atom stereocenters. The maximum Gasteiger partial charge on any atom is 0.307 e. The van der Waals surface area contributed by atoms with Crippen molar-refractivity contribution in [3.05, 3.63) is 35.6 Å². The van der Waals surface area contributed by atoms with Gasteiger partial charge in [-0.2, -0.15) is 0 Å². The average molecular weight is 307 g/mol. The van der Waals surface area contributed by atoms with Gasteiger partial charge in [-0.05, 0) is 37.0 Å². The molecule has 4 nitrogen and oxygen atoms in total. The first-order valence-electron chi connectivity index (χ1n) is 7.70. The van der Waals surface area contributed by atoms with Crippen LogP contribution in [0.4, 0.5) is 4.39 Å². The first-order chi connectivity index (χ1) is 10.6. The van der Waals surface area contributed by atoms with E-state index >= 15 is 0 Å². The molecule has 1 saturated carbocycles. The average Bonchev–Trinajstić information content (AvgIpc) is 2.46. The molecule has 1 amide bonds. The highest BCUT2D eigenvalue weighted by molar-refractivity contribution is 5.80. The summed E-state index contributed by atoms with van der Waals surface area (Å²) in [5.41, 5.74) is 0.978. The van der Waals surface area contributed by atoms with Gasteiger partial charge in [0.05, 0.1) is 13.5 Å². The monoisotopic (exact) mass is 307 g/mol. The molecule has 1 fully saturated rings. The molecule has 0 spiro atoms. The highest BCUT2D eigenvalue weighted by atomic mass is 19.1. The summed E-state index contributed by atoms with van der Waals surface area (Å²) in [4.78, 5) is 25.5. The Labute approximate surface area is 130 Å². The summed E-state index contributed by atoms with van der Waals surface area (Å²) >= 11 is 0. The lowest BCUT2D eigenvalue weighted by atomic mass is 9.84. The van der Waals surface area contributed by atoms with Crippen molar-refractivity contribution in [3.8, 4) is 0 Å². The van der Waals surface area contributed by atoms with Crippen molar-refractivity contribution in [2.24, 2.45) is 5.92 Å². The molecule has 0 saturated heterocycles. The SMILES string of the molecule is COC(=O)CCN(CCc1ccc(F)cc1)C(=O)C1CCC1. The van der Waals surface area contributed by atoms with Crippen LogP contribution in [0.3, 0.4) is 0 Å². The van der Waals surface area contributed by atoms with E-state index in [0.717, 1.165) is 24.8 Å². The van der Waals surface area contributed by atoms with Crippen LogP contribution in [0.25, 0.3) is 0 Å². The van der Waals surface area contributed by atoms with Gasteiger partial charge in [0.25, 0.3) is 0 Å². The van der Waals surface area contributed by atoms with E-state index < -0.39 is 0 Å². The summed E-state index contributed by atoms with van der Waals surface area (Å²) in [6.45, 7) is 0.918. The van der Waals surface area contributed by atoms with Crippen LogP contribution in [0.15, 0.2) is 24.3 Å². The molecule has 0 aromatic heterocycles. The number of hydrogen-bond donors (Lipinski definition) is 0. The molecule has 0 bridgehead atoms. The predicted octanol–water partition coefficient (Wildman–Crippen LogP) is 2.56. The van der Waals surface area contributed by atoms with Gasteiger partial charge in [0.15, 0.2) is 0 Å². The van der Waals surface area contributed by atoms with E-state index in [4.69, 9.17) is 0 Å². The third-order valence-corrected chi connectivity index (χ3v) is 4.16. The lowest BCUT2D eigenvalue weighted by Crippen LogP contribution is -2.41. The number of halogens is 1. The summed E-state index contributed by atoms with van der Waals surface area (Å²) in [5.74, 6) is -0.354. The van der Waals surface area contributed by atoms with E-state index in [1.807, 2.05) is 0 Å². The van der Waals surface area contributed by atoms with Crippen molar-refractivity contribution in [2.75, 3.05) is 20.2 Å². The predicted molar refractivity (Wildman–Crippen MR) is 80.7 cm³/mol. The smallest absolute Gasteiger partial charge is 0.307 e. The minimum absolute atomic E-state index is 0.103. The van der Waals surface area contributed by atoms with Gasteiger partial charge in [0.1, 0.15) is 5.82 Å². The van der Waals surface area contributed by atoms with Crippen molar-refractivity contribution in [3.63, 3.8) is 0 Å². The first-order valence-corrected chi connectivity index (χ1v) is 7.70. The molecule has 0 aliphatic heterocycles. The van der Waals surface area contributed by atoms with E-state index in [-0.39, 0.29) is 30.0 Å². The van der Waals surface area contributed by atoms with Crippen LogP contribution in [0.5, 0.6) is 0 Å². The van der Waals surface area contributed by atoms with E-state index in [1.54, 1.807) is 17.0 Å². The largest absolute Gasteiger partial charge is 0.469 e. The number of hydrogen-bond acceptors (Lipinski definition) is 3. The zero-order chi connectivity index (χ0) is 15.9. The van der Waals surface area contributed by atoms with Gasteiger partial charge in [0.2, 0.25) is 5.91 Å². The van der Waals surface area contributed by atoms with Gasteiger partial charge in [-0.3, -0.25) is 9.59 Å². The second-order valence-electron chi connectivity index (χ2n) is 5.66. The Hall–Kier alpha value is -1.91. The number of rotatable bonds is 7. The molecule has 1 aliphatic carbocycles. The summed E-state index contributed by atoms with van der Waals surface area (Å²) in [7, 11) is 1.35. The molecule has 120 valence electrons. The third-order valence-electron chi connectivity index (χ3n) is 4.16. The van der Waals surface area contributed by atoms with Gasteiger partial charge in [0, 0.05) is 19.0 Å². The Morgan fingerprint density at radius 2 is 1.91 bits per heavy atom. The number of esters is 1. The maximum absolute atomic E-state index is 12.9. The Morgan fingerprint density at radius 3 is 2.45 bits per heavy atom. The standard InChI is InChI=1S/C17H22FNO3/c1-22-16(20)10-12-19(17(21)14-3-2-4-14)11-9-13-5-7-15(18)8-6-13/h5-8,14H,2-4,9-12H2,1H3. The fraction of sp³-hybridized carbons (Fsp3) is 0.529. The number of amides is 1. The molecule has 22 heavy (non-hydrogen) atoms. The lowest BCUT2D eigenvalue weighted by Gasteiger charge is -2.31. The van der Waals surface area contributed by atoms with Crippen molar-refractivity contribution in [1.82, 2.24) is 4.90 Å². The number of carbonyl (C=O) groups excluding carboxylic acids is 2. The maximum atomic E-state index is 12.9. The van der Waals surface area contributed by atoms with Crippen LogP contribution >= 0.6 is 0 Å². The molecular weight excluding hydrogens is 285 g/mol. The van der Waals surface area contributed by atoms with Crippen LogP contribution in [-0.2, 0) is 20.7 Å². The molecule has 1 aromatic rings. The minimum atomic E-state index is -0.312. The topological polar surface area (TPSA) is 46.6 Å². The van der Waals surface area contributed by atoms with E-state index in [9.17, 15) is 14.0 Å². The Morgan fingerprint density at radius 1 is 1.23 bits per heavy atom.